The summed E-state index contributed by atoms with van der Waals surface area (Å²) in [6.07, 6.45) is 2.33. The number of hydrogen-bond acceptors (Lipinski definition) is 4. The molecule has 1 heterocycles. The van der Waals surface area contributed by atoms with Gasteiger partial charge in [-0.05, 0) is 44.1 Å². The predicted molar refractivity (Wildman–Crippen MR) is 77.0 cm³/mol. The first-order chi connectivity index (χ1) is 10.1. The Morgan fingerprint density at radius 1 is 1.38 bits per heavy atom. The Kier molecular flexibility index (Phi) is 5.76. The number of hydrogen-bond donors (Lipinski definition) is 1. The molecule has 0 amide bonds. The van der Waals surface area contributed by atoms with E-state index >= 15 is 0 Å². The first-order valence-corrected chi connectivity index (χ1v) is 7.14. The number of benzene rings is 1. The molecule has 1 aromatic carbocycles. The van der Waals surface area contributed by atoms with Crippen molar-refractivity contribution in [3.8, 4) is 11.5 Å². The fraction of sp³-hybridized carbons (Fsp3) is 0.600. The standard InChI is InChI=1S/C15H22F2N2O2/c1-18-9-12-4-3-7-19(12)10-11-5-6-13(20-2)14(8-11)21-15(16)17/h5-6,8,12,15,18H,3-4,7,9-10H2,1-2H3/t12-/m1/s1. The van der Waals surface area contributed by atoms with E-state index < -0.39 is 6.61 Å². The fourth-order valence-electron chi connectivity index (χ4n) is 2.81. The number of rotatable bonds is 7. The first-order valence-electron chi connectivity index (χ1n) is 7.14. The number of methoxy groups -OCH3 is 1. The number of likely N-dealkylation sites (N-methyl/N-ethyl adjacent to an activating group) is 1. The van der Waals surface area contributed by atoms with E-state index in [0.717, 1.165) is 31.6 Å². The van der Waals surface area contributed by atoms with E-state index in [0.29, 0.717) is 11.8 Å². The first kappa shape index (κ1) is 16.0. The number of ether oxygens (including phenoxy) is 2. The highest BCUT2D eigenvalue weighted by molar-refractivity contribution is 5.43. The SMILES string of the molecule is CNC[C@H]1CCCN1Cc1ccc(OC)c(OC(F)F)c1. The fourth-order valence-corrected chi connectivity index (χ4v) is 2.81. The molecule has 118 valence electrons. The Bertz CT molecular complexity index is 457. The summed E-state index contributed by atoms with van der Waals surface area (Å²) in [5.74, 6) is 0.418. The molecule has 0 radical (unpaired) electrons. The van der Waals surface area contributed by atoms with E-state index in [9.17, 15) is 8.78 Å². The zero-order chi connectivity index (χ0) is 15.2. The molecule has 0 aliphatic carbocycles. The van der Waals surface area contributed by atoms with Crippen LogP contribution >= 0.6 is 0 Å². The van der Waals surface area contributed by atoms with E-state index in [4.69, 9.17) is 4.74 Å². The minimum atomic E-state index is -2.85. The summed E-state index contributed by atoms with van der Waals surface area (Å²) in [7, 11) is 3.38. The molecule has 1 N–H and O–H groups in total. The van der Waals surface area contributed by atoms with E-state index in [1.807, 2.05) is 13.1 Å². The third-order valence-corrected chi connectivity index (χ3v) is 3.77. The molecule has 21 heavy (non-hydrogen) atoms. The zero-order valence-corrected chi connectivity index (χ0v) is 12.4. The van der Waals surface area contributed by atoms with Crippen molar-refractivity contribution in [2.75, 3.05) is 27.2 Å². The number of halogens is 2. The van der Waals surface area contributed by atoms with E-state index in [1.54, 1.807) is 12.1 Å². The molecule has 1 aromatic rings. The van der Waals surface area contributed by atoms with Gasteiger partial charge >= 0.3 is 6.61 Å². The van der Waals surface area contributed by atoms with Gasteiger partial charge < -0.3 is 14.8 Å². The smallest absolute Gasteiger partial charge is 0.387 e. The molecular weight excluding hydrogens is 278 g/mol. The van der Waals surface area contributed by atoms with Gasteiger partial charge in [0.2, 0.25) is 0 Å². The van der Waals surface area contributed by atoms with Crippen LogP contribution in [-0.4, -0.2) is 44.8 Å². The van der Waals surface area contributed by atoms with Crippen LogP contribution in [0.25, 0.3) is 0 Å². The minimum Gasteiger partial charge on any atom is -0.493 e. The highest BCUT2D eigenvalue weighted by atomic mass is 19.3. The molecule has 0 unspecified atom stereocenters. The molecule has 1 fully saturated rings. The molecule has 0 spiro atoms. The van der Waals surface area contributed by atoms with Crippen molar-refractivity contribution in [3.05, 3.63) is 23.8 Å². The molecule has 4 nitrogen and oxygen atoms in total. The maximum atomic E-state index is 12.4. The maximum absolute atomic E-state index is 12.4. The van der Waals surface area contributed by atoms with E-state index in [1.165, 1.54) is 13.5 Å². The normalized spacial score (nSPS) is 19.2. The average Bonchev–Trinajstić information content (AvgIpc) is 2.86. The summed E-state index contributed by atoms with van der Waals surface area (Å²) in [6.45, 7) is -0.145. The van der Waals surface area contributed by atoms with Gasteiger partial charge in [-0.25, -0.2) is 0 Å². The molecular formula is C15H22F2N2O2. The van der Waals surface area contributed by atoms with Gasteiger partial charge in [0.05, 0.1) is 7.11 Å². The van der Waals surface area contributed by atoms with Crippen LogP contribution in [0.2, 0.25) is 0 Å². The predicted octanol–water partition coefficient (Wildman–Crippen LogP) is 2.48. The largest absolute Gasteiger partial charge is 0.493 e. The van der Waals surface area contributed by atoms with E-state index in [-0.39, 0.29) is 5.75 Å². The van der Waals surface area contributed by atoms with Crippen molar-refractivity contribution in [1.29, 1.82) is 0 Å². The van der Waals surface area contributed by atoms with Crippen LogP contribution in [0.5, 0.6) is 11.5 Å². The highest BCUT2D eigenvalue weighted by Gasteiger charge is 2.24. The van der Waals surface area contributed by atoms with Crippen molar-refractivity contribution >= 4 is 0 Å². The Hall–Kier alpha value is -1.40. The maximum Gasteiger partial charge on any atom is 0.387 e. The molecule has 0 saturated carbocycles. The minimum absolute atomic E-state index is 0.0920. The second-order valence-electron chi connectivity index (χ2n) is 5.19. The van der Waals surface area contributed by atoms with Crippen molar-refractivity contribution in [1.82, 2.24) is 10.2 Å². The summed E-state index contributed by atoms with van der Waals surface area (Å²) >= 11 is 0. The van der Waals surface area contributed by atoms with Crippen LogP contribution in [0, 0.1) is 0 Å². The molecule has 1 saturated heterocycles. The van der Waals surface area contributed by atoms with Crippen LogP contribution in [-0.2, 0) is 6.54 Å². The van der Waals surface area contributed by atoms with Gasteiger partial charge in [-0.2, -0.15) is 8.78 Å². The van der Waals surface area contributed by atoms with Gasteiger partial charge in [0.1, 0.15) is 0 Å². The number of likely N-dealkylation sites (tertiary alicyclic amines) is 1. The Morgan fingerprint density at radius 2 is 2.19 bits per heavy atom. The van der Waals surface area contributed by atoms with Crippen molar-refractivity contribution in [2.24, 2.45) is 0 Å². The molecule has 6 heteroatoms. The lowest BCUT2D eigenvalue weighted by molar-refractivity contribution is -0.0512. The average molecular weight is 300 g/mol. The Balaban J connectivity index is 2.09. The van der Waals surface area contributed by atoms with Crippen LogP contribution in [0.1, 0.15) is 18.4 Å². The monoisotopic (exact) mass is 300 g/mol. The topological polar surface area (TPSA) is 33.7 Å². The molecule has 0 aromatic heterocycles. The second-order valence-corrected chi connectivity index (χ2v) is 5.19. The number of alkyl halides is 2. The van der Waals surface area contributed by atoms with Gasteiger partial charge in [0.15, 0.2) is 11.5 Å². The summed E-state index contributed by atoms with van der Waals surface area (Å²) in [4.78, 5) is 2.37. The Labute approximate surface area is 124 Å². The number of nitrogens with zero attached hydrogens (tertiary/aromatic N) is 1. The second kappa shape index (κ2) is 7.56. The van der Waals surface area contributed by atoms with Gasteiger partial charge in [0, 0.05) is 19.1 Å². The van der Waals surface area contributed by atoms with Crippen molar-refractivity contribution in [3.63, 3.8) is 0 Å². The van der Waals surface area contributed by atoms with Gasteiger partial charge in [-0.1, -0.05) is 6.07 Å². The summed E-state index contributed by atoms with van der Waals surface area (Å²) in [5, 5.41) is 3.20. The number of nitrogens with one attached hydrogen (secondary N) is 1. The van der Waals surface area contributed by atoms with Crippen LogP contribution < -0.4 is 14.8 Å². The molecule has 0 bridgehead atoms. The Morgan fingerprint density at radius 3 is 2.86 bits per heavy atom. The highest BCUT2D eigenvalue weighted by Crippen LogP contribution is 2.30. The summed E-state index contributed by atoms with van der Waals surface area (Å²) < 4.78 is 34.5. The summed E-state index contributed by atoms with van der Waals surface area (Å²) in [5.41, 5.74) is 0.953. The van der Waals surface area contributed by atoms with Crippen molar-refractivity contribution in [2.45, 2.75) is 32.0 Å². The quantitative estimate of drug-likeness (QED) is 0.839. The lowest BCUT2D eigenvalue weighted by Gasteiger charge is -2.24. The van der Waals surface area contributed by atoms with E-state index in [2.05, 4.69) is 15.0 Å². The molecule has 2 rings (SSSR count). The molecule has 1 aliphatic heterocycles. The third-order valence-electron chi connectivity index (χ3n) is 3.77. The van der Waals surface area contributed by atoms with Gasteiger partial charge in [-0.3, -0.25) is 4.90 Å². The van der Waals surface area contributed by atoms with Crippen LogP contribution in [0.4, 0.5) is 8.78 Å². The molecule has 1 atom stereocenters. The third kappa shape index (κ3) is 4.28. The lowest BCUT2D eigenvalue weighted by Crippen LogP contribution is -2.36. The lowest BCUT2D eigenvalue weighted by atomic mass is 10.1. The summed E-state index contributed by atoms with van der Waals surface area (Å²) in [6, 6.07) is 5.71. The van der Waals surface area contributed by atoms with Crippen LogP contribution in [0.15, 0.2) is 18.2 Å². The van der Waals surface area contributed by atoms with Crippen molar-refractivity contribution < 1.29 is 18.3 Å². The zero-order valence-electron chi connectivity index (χ0n) is 12.4. The molecule has 1 aliphatic rings. The van der Waals surface area contributed by atoms with Gasteiger partial charge in [0.25, 0.3) is 0 Å². The van der Waals surface area contributed by atoms with Gasteiger partial charge in [-0.15, -0.1) is 0 Å². The van der Waals surface area contributed by atoms with Crippen LogP contribution in [0.3, 0.4) is 0 Å².